The van der Waals surface area contributed by atoms with Gasteiger partial charge in [-0.3, -0.25) is 9.59 Å². The van der Waals surface area contributed by atoms with Gasteiger partial charge in [0.25, 0.3) is 11.8 Å². The van der Waals surface area contributed by atoms with Gasteiger partial charge in [0.05, 0.1) is 6.26 Å². The van der Waals surface area contributed by atoms with E-state index in [1.165, 1.54) is 31.6 Å². The zero-order valence-electron chi connectivity index (χ0n) is 17.9. The minimum Gasteiger partial charge on any atom is -0.459 e. The smallest absolute Gasteiger partial charge is 0.329 e. The van der Waals surface area contributed by atoms with E-state index in [2.05, 4.69) is 15.5 Å². The molecule has 166 valence electrons. The van der Waals surface area contributed by atoms with Crippen molar-refractivity contribution in [1.29, 1.82) is 0 Å². The molecule has 2 heterocycles. The highest BCUT2D eigenvalue weighted by Crippen LogP contribution is 2.21. The summed E-state index contributed by atoms with van der Waals surface area (Å²) in [4.78, 5) is 39.1. The molecule has 1 aliphatic rings. The van der Waals surface area contributed by atoms with Crippen LogP contribution in [-0.4, -0.2) is 43.5 Å². The van der Waals surface area contributed by atoms with Crippen molar-refractivity contribution in [3.63, 3.8) is 0 Å². The van der Waals surface area contributed by atoms with Crippen molar-refractivity contribution < 1.29 is 23.5 Å². The molecule has 1 aliphatic heterocycles. The number of hydrogen-bond acceptors (Lipinski definition) is 6. The predicted molar refractivity (Wildman–Crippen MR) is 117 cm³/mol. The Hall–Kier alpha value is -3.29. The van der Waals surface area contributed by atoms with Crippen LogP contribution in [0.15, 0.2) is 47.1 Å². The fourth-order valence-corrected chi connectivity index (χ4v) is 3.45. The normalized spacial score (nSPS) is 14.7. The van der Waals surface area contributed by atoms with Crippen LogP contribution in [0.1, 0.15) is 43.7 Å². The summed E-state index contributed by atoms with van der Waals surface area (Å²) in [5, 5.41) is 5.31. The van der Waals surface area contributed by atoms with Gasteiger partial charge in [-0.2, -0.15) is 0 Å². The van der Waals surface area contributed by atoms with Crippen molar-refractivity contribution in [2.24, 2.45) is 5.92 Å². The summed E-state index contributed by atoms with van der Waals surface area (Å²) in [6.07, 6.45) is 5.04. The molecule has 0 saturated carbocycles. The van der Waals surface area contributed by atoms with Crippen molar-refractivity contribution in [2.45, 2.75) is 39.2 Å². The minimum atomic E-state index is -0.894. The maximum atomic E-state index is 12.4. The molecule has 8 heteroatoms. The van der Waals surface area contributed by atoms with E-state index in [9.17, 15) is 14.4 Å². The zero-order valence-corrected chi connectivity index (χ0v) is 17.9. The van der Waals surface area contributed by atoms with Crippen LogP contribution in [0.2, 0.25) is 0 Å². The molecule has 8 nitrogen and oxygen atoms in total. The number of benzene rings is 1. The highest BCUT2D eigenvalue weighted by molar-refractivity contribution is 5.96. The molecule has 2 aromatic rings. The molecule has 1 fully saturated rings. The molecule has 1 atom stereocenters. The molecule has 0 bridgehead atoms. The first-order valence-corrected chi connectivity index (χ1v) is 10.6. The third kappa shape index (κ3) is 6.34. The van der Waals surface area contributed by atoms with Crippen LogP contribution in [0, 0.1) is 5.92 Å². The van der Waals surface area contributed by atoms with Crippen molar-refractivity contribution >= 4 is 29.2 Å². The lowest BCUT2D eigenvalue weighted by molar-refractivity contribution is -0.150. The summed E-state index contributed by atoms with van der Waals surface area (Å²) in [6.45, 7) is 5.22. The monoisotopic (exact) mass is 427 g/mol. The van der Waals surface area contributed by atoms with Gasteiger partial charge in [0, 0.05) is 24.5 Å². The third-order valence-corrected chi connectivity index (χ3v) is 5.17. The van der Waals surface area contributed by atoms with E-state index in [4.69, 9.17) is 9.15 Å². The minimum absolute atomic E-state index is 0.101. The van der Waals surface area contributed by atoms with Gasteiger partial charge >= 0.3 is 5.97 Å². The van der Waals surface area contributed by atoms with Gasteiger partial charge in [-0.1, -0.05) is 13.8 Å². The van der Waals surface area contributed by atoms with E-state index in [-0.39, 0.29) is 11.7 Å². The van der Waals surface area contributed by atoms with Gasteiger partial charge in [0.2, 0.25) is 0 Å². The highest BCUT2D eigenvalue weighted by Gasteiger charge is 2.27. The SMILES string of the molecule is CC(C)[C@H](NC(=O)c1ccco1)C(=O)OCC(=O)Nc1ccc(N2CCCCC2)cc1. The van der Waals surface area contributed by atoms with Crippen molar-refractivity contribution in [1.82, 2.24) is 5.32 Å². The molecule has 3 rings (SSSR count). The number of anilines is 2. The number of nitrogens with one attached hydrogen (secondary N) is 2. The molecule has 2 N–H and O–H groups in total. The van der Waals surface area contributed by atoms with Crippen LogP contribution in [-0.2, 0) is 14.3 Å². The number of nitrogens with zero attached hydrogens (tertiary/aromatic N) is 1. The van der Waals surface area contributed by atoms with Gasteiger partial charge in [0.1, 0.15) is 6.04 Å². The van der Waals surface area contributed by atoms with Crippen LogP contribution in [0.3, 0.4) is 0 Å². The van der Waals surface area contributed by atoms with Gasteiger partial charge in [0.15, 0.2) is 12.4 Å². The lowest BCUT2D eigenvalue weighted by Crippen LogP contribution is -2.45. The van der Waals surface area contributed by atoms with E-state index < -0.39 is 30.4 Å². The van der Waals surface area contributed by atoms with Gasteiger partial charge in [-0.15, -0.1) is 0 Å². The Labute approximate surface area is 181 Å². The Balaban J connectivity index is 1.48. The molecular weight excluding hydrogens is 398 g/mol. The first-order valence-electron chi connectivity index (χ1n) is 10.6. The first-order chi connectivity index (χ1) is 14.9. The molecule has 31 heavy (non-hydrogen) atoms. The van der Waals surface area contributed by atoms with E-state index in [1.54, 1.807) is 19.9 Å². The molecule has 1 aromatic heterocycles. The molecule has 0 radical (unpaired) electrons. The van der Waals surface area contributed by atoms with E-state index in [1.807, 2.05) is 24.3 Å². The Morgan fingerprint density at radius 3 is 2.39 bits per heavy atom. The number of carbonyl (C=O) groups excluding carboxylic acids is 3. The van der Waals surface area contributed by atoms with Crippen LogP contribution in [0.25, 0.3) is 0 Å². The summed E-state index contributed by atoms with van der Waals surface area (Å²) >= 11 is 0. The van der Waals surface area contributed by atoms with Crippen molar-refractivity contribution in [3.05, 3.63) is 48.4 Å². The number of esters is 1. The van der Waals surface area contributed by atoms with Gasteiger partial charge in [-0.05, 0) is 61.6 Å². The second-order valence-electron chi connectivity index (χ2n) is 7.92. The van der Waals surface area contributed by atoms with E-state index in [0.29, 0.717) is 5.69 Å². The maximum absolute atomic E-state index is 12.4. The summed E-state index contributed by atoms with van der Waals surface area (Å²) in [5.41, 5.74) is 1.77. The van der Waals surface area contributed by atoms with Crippen LogP contribution in [0.4, 0.5) is 11.4 Å². The lowest BCUT2D eigenvalue weighted by atomic mass is 10.0. The number of ether oxygens (including phenoxy) is 1. The fraction of sp³-hybridized carbons (Fsp3) is 0.435. The predicted octanol–water partition coefficient (Wildman–Crippen LogP) is 3.21. The standard InChI is InChI=1S/C23H29N3O5/c1-16(2)21(25-22(28)19-7-6-14-30-19)23(29)31-15-20(27)24-17-8-10-18(11-9-17)26-12-4-3-5-13-26/h6-11,14,16,21H,3-5,12-13,15H2,1-2H3,(H,24,27)(H,25,28)/t21-/m0/s1. The Morgan fingerprint density at radius 2 is 1.77 bits per heavy atom. The Morgan fingerprint density at radius 1 is 1.06 bits per heavy atom. The van der Waals surface area contributed by atoms with Gasteiger partial charge < -0.3 is 24.7 Å². The Kier molecular flexibility index (Phi) is 7.70. The third-order valence-electron chi connectivity index (χ3n) is 5.17. The molecular formula is C23H29N3O5. The Bertz CT molecular complexity index is 871. The average molecular weight is 428 g/mol. The summed E-state index contributed by atoms with van der Waals surface area (Å²) < 4.78 is 10.2. The molecule has 2 amide bonds. The number of amides is 2. The quantitative estimate of drug-likeness (QED) is 0.628. The molecule has 0 unspecified atom stereocenters. The van der Waals surface area contributed by atoms with Crippen LogP contribution < -0.4 is 15.5 Å². The molecule has 0 spiro atoms. The van der Waals surface area contributed by atoms with E-state index in [0.717, 1.165) is 18.8 Å². The number of piperidine rings is 1. The summed E-state index contributed by atoms with van der Waals surface area (Å²) in [5.74, 6) is -1.76. The average Bonchev–Trinajstić information content (AvgIpc) is 3.32. The van der Waals surface area contributed by atoms with Crippen molar-refractivity contribution in [3.8, 4) is 0 Å². The first kappa shape index (κ1) is 22.4. The molecule has 1 saturated heterocycles. The number of hydrogen-bond donors (Lipinski definition) is 2. The number of carbonyl (C=O) groups is 3. The van der Waals surface area contributed by atoms with Crippen LogP contribution >= 0.6 is 0 Å². The van der Waals surface area contributed by atoms with Gasteiger partial charge in [-0.25, -0.2) is 4.79 Å². The fourth-order valence-electron chi connectivity index (χ4n) is 3.45. The second kappa shape index (κ2) is 10.7. The molecule has 0 aliphatic carbocycles. The molecule has 1 aromatic carbocycles. The summed E-state index contributed by atoms with van der Waals surface area (Å²) in [6, 6.07) is 9.82. The maximum Gasteiger partial charge on any atom is 0.329 e. The zero-order chi connectivity index (χ0) is 22.2. The number of rotatable bonds is 8. The topological polar surface area (TPSA) is 101 Å². The van der Waals surface area contributed by atoms with Crippen LogP contribution in [0.5, 0.6) is 0 Å². The van der Waals surface area contributed by atoms with E-state index >= 15 is 0 Å². The number of furan rings is 1. The lowest BCUT2D eigenvalue weighted by Gasteiger charge is -2.28. The van der Waals surface area contributed by atoms with Crippen molar-refractivity contribution in [2.75, 3.05) is 29.9 Å². The largest absolute Gasteiger partial charge is 0.459 e. The summed E-state index contributed by atoms with van der Waals surface area (Å²) in [7, 11) is 0. The second-order valence-corrected chi connectivity index (χ2v) is 7.92. The highest BCUT2D eigenvalue weighted by atomic mass is 16.5.